The van der Waals surface area contributed by atoms with E-state index in [1.54, 1.807) is 24.9 Å². The molecule has 1 aliphatic heterocycles. The summed E-state index contributed by atoms with van der Waals surface area (Å²) in [6, 6.07) is 4.45. The molecular weight excluding hydrogens is 598 g/mol. The molecule has 14 heteroatoms. The SMILES string of the molecule is CSCC[C@H](N)C(=O)N[C@@H](C)C(=O)N[C@@H](Cc1c[nH]c2ccccc12)C(=O)NCC1(NCC(=O)NC(C=O)CC(C)C)COC1. The van der Waals surface area contributed by atoms with Crippen LogP contribution in [0.4, 0.5) is 0 Å². The van der Waals surface area contributed by atoms with Gasteiger partial charge in [-0.3, -0.25) is 24.5 Å². The first-order valence-corrected chi connectivity index (χ1v) is 16.6. The van der Waals surface area contributed by atoms with Crippen molar-refractivity contribution in [3.05, 3.63) is 36.0 Å². The van der Waals surface area contributed by atoms with E-state index in [4.69, 9.17) is 10.5 Å². The summed E-state index contributed by atoms with van der Waals surface area (Å²) in [6.07, 6.45) is 5.66. The normalized spacial score (nSPS) is 16.6. The summed E-state index contributed by atoms with van der Waals surface area (Å²) in [4.78, 5) is 66.3. The monoisotopic (exact) mass is 645 g/mol. The fourth-order valence-corrected chi connectivity index (χ4v) is 5.45. The fourth-order valence-electron chi connectivity index (χ4n) is 4.96. The van der Waals surface area contributed by atoms with Crippen molar-refractivity contribution in [2.45, 2.75) is 69.7 Å². The number of ether oxygens (including phenoxy) is 1. The van der Waals surface area contributed by atoms with Gasteiger partial charge in [0.15, 0.2) is 0 Å². The number of fused-ring (bicyclic) bond motifs is 1. The second-order valence-electron chi connectivity index (χ2n) is 12.0. The lowest BCUT2D eigenvalue weighted by molar-refractivity contribution is -0.133. The molecule has 0 radical (unpaired) electrons. The van der Waals surface area contributed by atoms with E-state index in [2.05, 4.69) is 31.6 Å². The number of carbonyl (C=O) groups is 5. The van der Waals surface area contributed by atoms with Crippen molar-refractivity contribution in [3.63, 3.8) is 0 Å². The molecule has 1 aromatic carbocycles. The molecule has 2 heterocycles. The van der Waals surface area contributed by atoms with Crippen molar-refractivity contribution in [1.82, 2.24) is 31.6 Å². The Morgan fingerprint density at radius 3 is 2.44 bits per heavy atom. The van der Waals surface area contributed by atoms with Crippen LogP contribution in [0, 0.1) is 5.92 Å². The van der Waals surface area contributed by atoms with Crippen molar-refractivity contribution >= 4 is 52.6 Å². The third-order valence-electron chi connectivity index (χ3n) is 7.67. The number of aromatic amines is 1. The quantitative estimate of drug-likeness (QED) is 0.103. The number of benzene rings is 1. The molecule has 0 saturated carbocycles. The van der Waals surface area contributed by atoms with E-state index >= 15 is 0 Å². The maximum atomic E-state index is 13.6. The summed E-state index contributed by atoms with van der Waals surface area (Å²) in [6.45, 7) is 6.09. The molecule has 1 aliphatic rings. The molecule has 1 saturated heterocycles. The zero-order valence-electron chi connectivity index (χ0n) is 26.4. The van der Waals surface area contributed by atoms with Gasteiger partial charge in [0.1, 0.15) is 18.4 Å². The first-order valence-electron chi connectivity index (χ1n) is 15.2. The van der Waals surface area contributed by atoms with Crippen molar-refractivity contribution in [2.75, 3.05) is 38.3 Å². The van der Waals surface area contributed by atoms with Crippen LogP contribution in [0.5, 0.6) is 0 Å². The molecular formula is C31H47N7O6S. The second kappa shape index (κ2) is 17.3. The summed E-state index contributed by atoms with van der Waals surface area (Å²) >= 11 is 1.58. The lowest BCUT2D eigenvalue weighted by Gasteiger charge is -2.42. The number of hydrogen-bond donors (Lipinski definition) is 7. The number of para-hydroxylation sites is 1. The number of rotatable bonds is 19. The van der Waals surface area contributed by atoms with Crippen LogP contribution in [-0.4, -0.2) is 103 Å². The van der Waals surface area contributed by atoms with Gasteiger partial charge >= 0.3 is 0 Å². The summed E-state index contributed by atoms with van der Waals surface area (Å²) in [5.74, 6) is -0.767. The van der Waals surface area contributed by atoms with Gasteiger partial charge < -0.3 is 41.5 Å². The zero-order chi connectivity index (χ0) is 33.0. The van der Waals surface area contributed by atoms with Gasteiger partial charge in [-0.15, -0.1) is 0 Å². The number of amides is 4. The number of hydrogen-bond acceptors (Lipinski definition) is 9. The molecule has 1 aromatic heterocycles. The third kappa shape index (κ3) is 10.8. The molecule has 1 fully saturated rings. The Hall–Kier alpha value is -3.46. The zero-order valence-corrected chi connectivity index (χ0v) is 27.3. The Morgan fingerprint density at radius 2 is 1.80 bits per heavy atom. The van der Waals surface area contributed by atoms with Crippen molar-refractivity contribution in [2.24, 2.45) is 11.7 Å². The Labute approximate surface area is 268 Å². The minimum absolute atomic E-state index is 0.0620. The predicted octanol–water partition coefficient (Wildman–Crippen LogP) is -0.0151. The van der Waals surface area contributed by atoms with Crippen LogP contribution >= 0.6 is 11.8 Å². The van der Waals surface area contributed by atoms with Crippen LogP contribution in [0.25, 0.3) is 10.9 Å². The first-order chi connectivity index (χ1) is 21.5. The summed E-state index contributed by atoms with van der Waals surface area (Å²) in [7, 11) is 0. The molecule has 1 unspecified atom stereocenters. The number of aldehydes is 1. The molecule has 0 spiro atoms. The minimum atomic E-state index is -0.966. The van der Waals surface area contributed by atoms with Crippen molar-refractivity contribution < 1.29 is 28.7 Å². The molecule has 0 bridgehead atoms. The number of thioether (sulfide) groups is 1. The predicted molar refractivity (Wildman–Crippen MR) is 175 cm³/mol. The Kier molecular flexibility index (Phi) is 13.8. The van der Waals surface area contributed by atoms with Crippen molar-refractivity contribution in [3.8, 4) is 0 Å². The van der Waals surface area contributed by atoms with Crippen LogP contribution in [0.3, 0.4) is 0 Å². The summed E-state index contributed by atoms with van der Waals surface area (Å²) in [5.41, 5.74) is 7.00. The van der Waals surface area contributed by atoms with Gasteiger partial charge in [0.05, 0.1) is 37.4 Å². The average Bonchev–Trinajstić information content (AvgIpc) is 3.40. The summed E-state index contributed by atoms with van der Waals surface area (Å²) in [5, 5.41) is 15.2. The highest BCUT2D eigenvalue weighted by Gasteiger charge is 2.40. The topological polar surface area (TPSA) is 197 Å². The second-order valence-corrected chi connectivity index (χ2v) is 13.0. The van der Waals surface area contributed by atoms with E-state index in [1.807, 2.05) is 44.4 Å². The van der Waals surface area contributed by atoms with E-state index in [0.29, 0.717) is 18.6 Å². The average molecular weight is 646 g/mol. The summed E-state index contributed by atoms with van der Waals surface area (Å²) < 4.78 is 5.40. The fraction of sp³-hybridized carbons (Fsp3) is 0.581. The van der Waals surface area contributed by atoms with E-state index in [-0.39, 0.29) is 44.5 Å². The molecule has 0 aliphatic carbocycles. The van der Waals surface area contributed by atoms with Gasteiger partial charge in [-0.25, -0.2) is 0 Å². The standard InChI is InChI=1S/C31H47N7O6S/c1-19(2)11-22(15-39)37-27(40)14-35-31(17-44-18-31)16-34-30(43)26(12-21-13-33-25-8-6-5-7-23(21)25)38-28(41)20(3)36-29(42)24(32)9-10-45-4/h5-8,13,15,19-20,22,24,26,33,35H,9-12,14,16-18,32H2,1-4H3,(H,34,43)(H,36,42)(H,37,40)(H,38,41)/t20-,22?,24-,26-/m0/s1. The van der Waals surface area contributed by atoms with Crippen LogP contribution in [0.15, 0.2) is 30.5 Å². The molecule has 248 valence electrons. The Balaban J connectivity index is 1.65. The van der Waals surface area contributed by atoms with Crippen LogP contribution in [-0.2, 0) is 35.1 Å². The van der Waals surface area contributed by atoms with E-state index in [9.17, 15) is 24.0 Å². The molecule has 4 amide bonds. The molecule has 8 N–H and O–H groups in total. The number of carbonyl (C=O) groups excluding carboxylic acids is 5. The Bertz CT molecular complexity index is 1310. The number of aromatic nitrogens is 1. The van der Waals surface area contributed by atoms with Gasteiger partial charge in [0.25, 0.3) is 0 Å². The van der Waals surface area contributed by atoms with Gasteiger partial charge in [-0.1, -0.05) is 32.0 Å². The highest BCUT2D eigenvalue weighted by atomic mass is 32.2. The maximum absolute atomic E-state index is 13.6. The molecule has 3 rings (SSSR count). The van der Waals surface area contributed by atoms with Gasteiger partial charge in [0.2, 0.25) is 23.6 Å². The molecule has 2 aromatic rings. The molecule has 4 atom stereocenters. The molecule has 13 nitrogen and oxygen atoms in total. The van der Waals surface area contributed by atoms with Crippen LogP contribution < -0.4 is 32.3 Å². The largest absolute Gasteiger partial charge is 0.377 e. The lowest BCUT2D eigenvalue weighted by Crippen LogP contribution is -2.68. The smallest absolute Gasteiger partial charge is 0.242 e. The first kappa shape index (κ1) is 36.0. The number of H-pyrrole nitrogens is 1. The van der Waals surface area contributed by atoms with E-state index < -0.39 is 47.4 Å². The van der Waals surface area contributed by atoms with Gasteiger partial charge in [0, 0.05) is 30.1 Å². The minimum Gasteiger partial charge on any atom is -0.377 e. The van der Waals surface area contributed by atoms with Crippen LogP contribution in [0.1, 0.15) is 39.2 Å². The lowest BCUT2D eigenvalue weighted by atomic mass is 9.96. The Morgan fingerprint density at radius 1 is 1.07 bits per heavy atom. The van der Waals surface area contributed by atoms with Crippen LogP contribution in [0.2, 0.25) is 0 Å². The highest BCUT2D eigenvalue weighted by Crippen LogP contribution is 2.20. The van der Waals surface area contributed by atoms with E-state index in [1.165, 1.54) is 0 Å². The highest BCUT2D eigenvalue weighted by molar-refractivity contribution is 7.98. The maximum Gasteiger partial charge on any atom is 0.242 e. The third-order valence-corrected chi connectivity index (χ3v) is 8.32. The number of nitrogens with one attached hydrogen (secondary N) is 6. The number of nitrogens with two attached hydrogens (primary N) is 1. The van der Waals surface area contributed by atoms with Gasteiger partial charge in [-0.2, -0.15) is 11.8 Å². The van der Waals surface area contributed by atoms with E-state index in [0.717, 1.165) is 22.8 Å². The molecule has 45 heavy (non-hydrogen) atoms. The van der Waals surface area contributed by atoms with Gasteiger partial charge in [-0.05, 0) is 49.3 Å². The van der Waals surface area contributed by atoms with Crippen molar-refractivity contribution in [1.29, 1.82) is 0 Å².